The molecule has 2 rings (SSSR count). The van der Waals surface area contributed by atoms with Crippen LogP contribution in [0.25, 0.3) is 0 Å². The lowest BCUT2D eigenvalue weighted by molar-refractivity contribution is 0.250. The minimum absolute atomic E-state index is 0.133. The first kappa shape index (κ1) is 14.0. The monoisotopic (exact) mass is 261 g/mol. The maximum atomic E-state index is 13.3. The smallest absolute Gasteiger partial charge is 0.140 e. The van der Waals surface area contributed by atoms with Crippen molar-refractivity contribution < 1.29 is 4.39 Å². The van der Waals surface area contributed by atoms with Crippen molar-refractivity contribution in [2.45, 2.75) is 19.5 Å². The lowest BCUT2D eigenvalue weighted by Gasteiger charge is -2.22. The van der Waals surface area contributed by atoms with Gasteiger partial charge in [-0.1, -0.05) is 13.0 Å². The van der Waals surface area contributed by atoms with E-state index in [1.54, 1.807) is 12.1 Å². The molecule has 1 aliphatic rings. The molecule has 4 heteroatoms. The van der Waals surface area contributed by atoms with E-state index in [1.165, 1.54) is 6.07 Å². The number of halogens is 1. The second-order valence-corrected chi connectivity index (χ2v) is 5.63. The van der Waals surface area contributed by atoms with Crippen LogP contribution in [0.2, 0.25) is 0 Å². The van der Waals surface area contributed by atoms with Crippen LogP contribution in [0.4, 0.5) is 4.39 Å². The van der Waals surface area contributed by atoms with Gasteiger partial charge in [0.15, 0.2) is 0 Å². The van der Waals surface area contributed by atoms with Gasteiger partial charge < -0.3 is 4.90 Å². The standard InChI is InChI=1S/C15H20FN3/c1-11-8-19(10-15(11)18(2)3)9-12-4-5-14(16)13(6-12)7-17/h4-6,11,15H,8-10H2,1-3H3. The highest BCUT2D eigenvalue weighted by molar-refractivity contribution is 5.34. The van der Waals surface area contributed by atoms with Gasteiger partial charge in [-0.15, -0.1) is 0 Å². The Bertz CT molecular complexity index is 493. The molecular weight excluding hydrogens is 241 g/mol. The van der Waals surface area contributed by atoms with Gasteiger partial charge in [0, 0.05) is 25.7 Å². The van der Waals surface area contributed by atoms with E-state index < -0.39 is 5.82 Å². The molecule has 2 unspecified atom stereocenters. The van der Waals surface area contributed by atoms with E-state index in [-0.39, 0.29) is 5.56 Å². The van der Waals surface area contributed by atoms with E-state index in [0.29, 0.717) is 12.0 Å². The number of hydrogen-bond acceptors (Lipinski definition) is 3. The van der Waals surface area contributed by atoms with Gasteiger partial charge >= 0.3 is 0 Å². The summed E-state index contributed by atoms with van der Waals surface area (Å²) in [4.78, 5) is 4.62. The third kappa shape index (κ3) is 3.12. The van der Waals surface area contributed by atoms with Crippen LogP contribution in [0.15, 0.2) is 18.2 Å². The van der Waals surface area contributed by atoms with Gasteiger partial charge in [-0.2, -0.15) is 5.26 Å². The molecule has 1 saturated heterocycles. The lowest BCUT2D eigenvalue weighted by Crippen LogP contribution is -2.34. The summed E-state index contributed by atoms with van der Waals surface area (Å²) in [6, 6.07) is 7.27. The van der Waals surface area contributed by atoms with Crippen molar-refractivity contribution in [3.63, 3.8) is 0 Å². The number of hydrogen-bond donors (Lipinski definition) is 0. The van der Waals surface area contributed by atoms with Gasteiger partial charge in [-0.25, -0.2) is 4.39 Å². The first-order valence-electron chi connectivity index (χ1n) is 6.58. The average Bonchev–Trinajstić information content (AvgIpc) is 2.73. The van der Waals surface area contributed by atoms with Crippen molar-refractivity contribution in [1.82, 2.24) is 9.80 Å². The number of nitriles is 1. The summed E-state index contributed by atoms with van der Waals surface area (Å²) in [6.07, 6.45) is 0. The molecule has 0 amide bonds. The Labute approximate surface area is 114 Å². The van der Waals surface area contributed by atoms with E-state index in [9.17, 15) is 4.39 Å². The average molecular weight is 261 g/mol. The molecule has 1 fully saturated rings. The summed E-state index contributed by atoms with van der Waals surface area (Å²) in [6.45, 7) is 5.11. The molecule has 1 aliphatic heterocycles. The Morgan fingerprint density at radius 3 is 2.74 bits per heavy atom. The Hall–Kier alpha value is -1.44. The Morgan fingerprint density at radius 1 is 1.42 bits per heavy atom. The molecule has 1 aromatic rings. The van der Waals surface area contributed by atoms with E-state index in [1.807, 2.05) is 6.07 Å². The number of likely N-dealkylation sites (N-methyl/N-ethyl adjacent to an activating group) is 1. The molecule has 0 aliphatic carbocycles. The fraction of sp³-hybridized carbons (Fsp3) is 0.533. The van der Waals surface area contributed by atoms with Crippen molar-refractivity contribution in [2.24, 2.45) is 5.92 Å². The van der Waals surface area contributed by atoms with Crippen molar-refractivity contribution >= 4 is 0 Å². The molecule has 0 saturated carbocycles. The summed E-state index contributed by atoms with van der Waals surface area (Å²) in [5.41, 5.74) is 1.14. The second kappa shape index (κ2) is 5.68. The van der Waals surface area contributed by atoms with Crippen molar-refractivity contribution in [3.05, 3.63) is 35.1 Å². The van der Waals surface area contributed by atoms with Gasteiger partial charge in [0.2, 0.25) is 0 Å². The topological polar surface area (TPSA) is 30.3 Å². The fourth-order valence-corrected chi connectivity index (χ4v) is 2.86. The molecule has 2 atom stereocenters. The highest BCUT2D eigenvalue weighted by Gasteiger charge is 2.30. The van der Waals surface area contributed by atoms with Crippen LogP contribution in [0.5, 0.6) is 0 Å². The van der Waals surface area contributed by atoms with Crippen molar-refractivity contribution in [3.8, 4) is 6.07 Å². The molecular formula is C15H20FN3. The predicted molar refractivity (Wildman–Crippen MR) is 73.0 cm³/mol. The Morgan fingerprint density at radius 2 is 2.16 bits per heavy atom. The third-order valence-electron chi connectivity index (χ3n) is 3.87. The summed E-state index contributed by atoms with van der Waals surface area (Å²) in [5.74, 6) is 0.193. The zero-order chi connectivity index (χ0) is 14.0. The second-order valence-electron chi connectivity index (χ2n) is 5.63. The predicted octanol–water partition coefficient (Wildman–Crippen LogP) is 2.08. The maximum absolute atomic E-state index is 13.3. The van der Waals surface area contributed by atoms with E-state index >= 15 is 0 Å². The van der Waals surface area contributed by atoms with Gasteiger partial charge in [-0.05, 0) is 37.7 Å². The van der Waals surface area contributed by atoms with E-state index in [2.05, 4.69) is 30.8 Å². The molecule has 102 valence electrons. The minimum Gasteiger partial charge on any atom is -0.305 e. The third-order valence-corrected chi connectivity index (χ3v) is 3.87. The van der Waals surface area contributed by atoms with Crippen molar-refractivity contribution in [1.29, 1.82) is 5.26 Å². The first-order valence-corrected chi connectivity index (χ1v) is 6.58. The number of nitrogens with zero attached hydrogens (tertiary/aromatic N) is 3. The molecule has 3 nitrogen and oxygen atoms in total. The number of likely N-dealkylation sites (tertiary alicyclic amines) is 1. The van der Waals surface area contributed by atoms with Crippen LogP contribution in [-0.4, -0.2) is 43.0 Å². The van der Waals surface area contributed by atoms with Gasteiger partial charge in [0.1, 0.15) is 11.9 Å². The maximum Gasteiger partial charge on any atom is 0.140 e. The van der Waals surface area contributed by atoms with Crippen LogP contribution in [0.3, 0.4) is 0 Å². The largest absolute Gasteiger partial charge is 0.305 e. The highest BCUT2D eigenvalue weighted by atomic mass is 19.1. The molecule has 1 heterocycles. The molecule has 0 spiro atoms. The Kier molecular flexibility index (Phi) is 4.18. The summed E-state index contributed by atoms with van der Waals surface area (Å²) in [5, 5.41) is 8.85. The van der Waals surface area contributed by atoms with Gasteiger partial charge in [0.25, 0.3) is 0 Å². The molecule has 19 heavy (non-hydrogen) atoms. The van der Waals surface area contributed by atoms with Crippen LogP contribution in [-0.2, 0) is 6.54 Å². The zero-order valence-electron chi connectivity index (χ0n) is 11.7. The summed E-state index contributed by atoms with van der Waals surface area (Å²) in [7, 11) is 4.21. The van der Waals surface area contributed by atoms with E-state index in [0.717, 1.165) is 25.2 Å². The molecule has 0 N–H and O–H groups in total. The molecule has 1 aromatic carbocycles. The molecule has 0 radical (unpaired) electrons. The number of benzene rings is 1. The SMILES string of the molecule is CC1CN(Cc2ccc(F)c(C#N)c2)CC1N(C)C. The summed E-state index contributed by atoms with van der Waals surface area (Å²) >= 11 is 0. The minimum atomic E-state index is -0.438. The first-order chi connectivity index (χ1) is 9.01. The fourth-order valence-electron chi connectivity index (χ4n) is 2.86. The highest BCUT2D eigenvalue weighted by Crippen LogP contribution is 2.22. The molecule has 0 aromatic heterocycles. The lowest BCUT2D eigenvalue weighted by atomic mass is 10.1. The zero-order valence-corrected chi connectivity index (χ0v) is 11.7. The normalized spacial score (nSPS) is 23.8. The van der Waals surface area contributed by atoms with Gasteiger partial charge in [-0.3, -0.25) is 4.90 Å². The Balaban J connectivity index is 2.05. The van der Waals surface area contributed by atoms with Crippen LogP contribution < -0.4 is 0 Å². The number of rotatable bonds is 3. The summed E-state index contributed by atoms with van der Waals surface area (Å²) < 4.78 is 13.3. The van der Waals surface area contributed by atoms with Crippen LogP contribution in [0.1, 0.15) is 18.1 Å². The van der Waals surface area contributed by atoms with Crippen LogP contribution >= 0.6 is 0 Å². The van der Waals surface area contributed by atoms with E-state index in [4.69, 9.17) is 5.26 Å². The van der Waals surface area contributed by atoms with Crippen molar-refractivity contribution in [2.75, 3.05) is 27.2 Å². The van der Waals surface area contributed by atoms with Crippen LogP contribution in [0, 0.1) is 23.1 Å². The van der Waals surface area contributed by atoms with Gasteiger partial charge in [0.05, 0.1) is 5.56 Å². The quantitative estimate of drug-likeness (QED) is 0.834. The molecule has 0 bridgehead atoms.